The smallest absolute Gasteiger partial charge is 0.338 e. The largest absolute Gasteiger partial charge is 0.454 e. The molecular weight excluding hydrogens is 310 g/mol. The summed E-state index contributed by atoms with van der Waals surface area (Å²) < 4.78 is 15.7. The van der Waals surface area contributed by atoms with Gasteiger partial charge in [0.25, 0.3) is 5.91 Å². The van der Waals surface area contributed by atoms with Crippen LogP contribution in [-0.2, 0) is 9.53 Å². The number of fused-ring (bicyclic) bond motifs is 1. The highest BCUT2D eigenvalue weighted by molar-refractivity contribution is 5.97. The van der Waals surface area contributed by atoms with Crippen molar-refractivity contribution < 1.29 is 23.8 Å². The fourth-order valence-corrected chi connectivity index (χ4v) is 2.27. The van der Waals surface area contributed by atoms with E-state index in [1.165, 1.54) is 6.92 Å². The minimum Gasteiger partial charge on any atom is -0.454 e. The van der Waals surface area contributed by atoms with Crippen molar-refractivity contribution in [2.45, 2.75) is 20.0 Å². The number of carbonyl (C=O) groups is 2. The van der Waals surface area contributed by atoms with Gasteiger partial charge < -0.3 is 19.5 Å². The lowest BCUT2D eigenvalue weighted by Gasteiger charge is -2.14. The molecule has 0 fully saturated rings. The Kier molecular flexibility index (Phi) is 4.37. The Morgan fingerprint density at radius 3 is 2.71 bits per heavy atom. The minimum atomic E-state index is -0.927. The molecule has 0 spiro atoms. The first kappa shape index (κ1) is 15.9. The number of aryl methyl sites for hydroxylation is 1. The topological polar surface area (TPSA) is 73.9 Å². The molecule has 1 aliphatic heterocycles. The van der Waals surface area contributed by atoms with Crippen molar-refractivity contribution in [1.29, 1.82) is 0 Å². The van der Waals surface area contributed by atoms with E-state index in [-0.39, 0.29) is 6.79 Å². The van der Waals surface area contributed by atoms with Crippen molar-refractivity contribution in [2.75, 3.05) is 12.1 Å². The zero-order valence-electron chi connectivity index (χ0n) is 13.4. The summed E-state index contributed by atoms with van der Waals surface area (Å²) in [7, 11) is 0. The van der Waals surface area contributed by atoms with Gasteiger partial charge in [-0.25, -0.2) is 4.79 Å². The normalized spacial score (nSPS) is 13.2. The SMILES string of the molecule is Cc1cccc(C(=O)O[C@H](C)C(=O)Nc2ccc3c(c2)OCO3)c1. The Bertz CT molecular complexity index is 787. The third-order valence-electron chi connectivity index (χ3n) is 3.55. The molecule has 1 aliphatic rings. The van der Waals surface area contributed by atoms with E-state index in [1.54, 1.807) is 36.4 Å². The lowest BCUT2D eigenvalue weighted by Crippen LogP contribution is -2.30. The molecule has 2 aromatic rings. The number of hydrogen-bond donors (Lipinski definition) is 1. The van der Waals surface area contributed by atoms with Gasteiger partial charge in [0, 0.05) is 11.8 Å². The lowest BCUT2D eigenvalue weighted by molar-refractivity contribution is -0.123. The van der Waals surface area contributed by atoms with Gasteiger partial charge in [-0.15, -0.1) is 0 Å². The van der Waals surface area contributed by atoms with Crippen molar-refractivity contribution in [2.24, 2.45) is 0 Å². The van der Waals surface area contributed by atoms with Gasteiger partial charge in [0.15, 0.2) is 17.6 Å². The van der Waals surface area contributed by atoms with Crippen LogP contribution in [0.1, 0.15) is 22.8 Å². The maximum Gasteiger partial charge on any atom is 0.338 e. The second kappa shape index (κ2) is 6.62. The van der Waals surface area contributed by atoms with Gasteiger partial charge in [-0.1, -0.05) is 17.7 Å². The molecular formula is C18H17NO5. The molecule has 0 bridgehead atoms. The second-order valence-electron chi connectivity index (χ2n) is 5.47. The standard InChI is InChI=1S/C18H17NO5/c1-11-4-3-5-13(8-11)18(21)24-12(2)17(20)19-14-6-7-15-16(9-14)23-10-22-15/h3-9,12H,10H2,1-2H3,(H,19,20)/t12-/m1/s1. The molecule has 124 valence electrons. The average molecular weight is 327 g/mol. The van der Waals surface area contributed by atoms with Crippen LogP contribution in [0.4, 0.5) is 5.69 Å². The number of esters is 1. The summed E-state index contributed by atoms with van der Waals surface area (Å²) in [5, 5.41) is 2.69. The van der Waals surface area contributed by atoms with E-state index in [0.29, 0.717) is 22.7 Å². The third-order valence-corrected chi connectivity index (χ3v) is 3.55. The molecule has 0 aromatic heterocycles. The predicted molar refractivity (Wildman–Crippen MR) is 87.3 cm³/mol. The van der Waals surface area contributed by atoms with E-state index in [0.717, 1.165) is 5.56 Å². The molecule has 0 saturated carbocycles. The Hall–Kier alpha value is -3.02. The van der Waals surface area contributed by atoms with Crippen molar-refractivity contribution >= 4 is 17.6 Å². The molecule has 0 unspecified atom stereocenters. The quantitative estimate of drug-likeness (QED) is 0.874. The molecule has 0 radical (unpaired) electrons. The van der Waals surface area contributed by atoms with E-state index in [9.17, 15) is 9.59 Å². The first-order valence-corrected chi connectivity index (χ1v) is 7.51. The van der Waals surface area contributed by atoms with Crippen molar-refractivity contribution in [3.8, 4) is 11.5 Å². The molecule has 6 nitrogen and oxygen atoms in total. The fraction of sp³-hybridized carbons (Fsp3) is 0.222. The zero-order valence-corrected chi connectivity index (χ0v) is 13.4. The number of hydrogen-bond acceptors (Lipinski definition) is 5. The minimum absolute atomic E-state index is 0.164. The number of ether oxygens (including phenoxy) is 3. The molecule has 3 rings (SSSR count). The summed E-state index contributed by atoms with van der Waals surface area (Å²) in [5.41, 5.74) is 1.90. The van der Waals surface area contributed by atoms with Crippen molar-refractivity contribution in [1.82, 2.24) is 0 Å². The highest BCUT2D eigenvalue weighted by atomic mass is 16.7. The van der Waals surface area contributed by atoms with Gasteiger partial charge in [0.05, 0.1) is 5.56 Å². The van der Waals surface area contributed by atoms with Crippen LogP contribution >= 0.6 is 0 Å². The highest BCUT2D eigenvalue weighted by Gasteiger charge is 2.20. The Morgan fingerprint density at radius 1 is 1.12 bits per heavy atom. The van der Waals surface area contributed by atoms with E-state index < -0.39 is 18.0 Å². The predicted octanol–water partition coefficient (Wildman–Crippen LogP) is 2.91. The monoisotopic (exact) mass is 327 g/mol. The van der Waals surface area contributed by atoms with Gasteiger partial charge in [-0.3, -0.25) is 4.79 Å². The van der Waals surface area contributed by atoms with Crippen LogP contribution in [0.2, 0.25) is 0 Å². The maximum atomic E-state index is 12.2. The summed E-state index contributed by atoms with van der Waals surface area (Å²) in [5.74, 6) is 0.242. The van der Waals surface area contributed by atoms with Crippen molar-refractivity contribution in [3.63, 3.8) is 0 Å². The van der Waals surface area contributed by atoms with Gasteiger partial charge in [-0.2, -0.15) is 0 Å². The van der Waals surface area contributed by atoms with Crippen LogP contribution in [0, 0.1) is 6.92 Å². The molecule has 0 aliphatic carbocycles. The number of benzene rings is 2. The fourth-order valence-electron chi connectivity index (χ4n) is 2.27. The summed E-state index contributed by atoms with van der Waals surface area (Å²) in [6.45, 7) is 3.57. The molecule has 24 heavy (non-hydrogen) atoms. The van der Waals surface area contributed by atoms with Gasteiger partial charge >= 0.3 is 5.97 Å². The Morgan fingerprint density at radius 2 is 1.92 bits per heavy atom. The maximum absolute atomic E-state index is 12.2. The van der Waals surface area contributed by atoms with Gasteiger partial charge in [0.2, 0.25) is 6.79 Å². The van der Waals surface area contributed by atoms with Gasteiger partial charge in [0.1, 0.15) is 0 Å². The average Bonchev–Trinajstić information content (AvgIpc) is 3.02. The van der Waals surface area contributed by atoms with E-state index in [4.69, 9.17) is 14.2 Å². The van der Waals surface area contributed by atoms with Crippen LogP contribution in [0.3, 0.4) is 0 Å². The van der Waals surface area contributed by atoms with Crippen LogP contribution in [0.25, 0.3) is 0 Å². The molecule has 6 heteroatoms. The number of anilines is 1. The number of nitrogens with one attached hydrogen (secondary N) is 1. The van der Waals surface area contributed by atoms with E-state index in [1.807, 2.05) is 13.0 Å². The molecule has 0 saturated heterocycles. The summed E-state index contributed by atoms with van der Waals surface area (Å²) in [4.78, 5) is 24.3. The Labute approximate surface area is 139 Å². The van der Waals surface area contributed by atoms with Crippen LogP contribution in [-0.4, -0.2) is 24.8 Å². The molecule has 1 amide bonds. The summed E-state index contributed by atoms with van der Waals surface area (Å²) in [6.07, 6.45) is -0.927. The number of rotatable bonds is 4. The lowest BCUT2D eigenvalue weighted by atomic mass is 10.1. The third kappa shape index (κ3) is 3.48. The summed E-state index contributed by atoms with van der Waals surface area (Å²) >= 11 is 0. The summed E-state index contributed by atoms with van der Waals surface area (Å²) in [6, 6.07) is 12.1. The van der Waals surface area contributed by atoms with Crippen molar-refractivity contribution in [3.05, 3.63) is 53.6 Å². The molecule has 1 heterocycles. The molecule has 2 aromatic carbocycles. The van der Waals surface area contributed by atoms with E-state index >= 15 is 0 Å². The number of carbonyl (C=O) groups excluding carboxylic acids is 2. The highest BCUT2D eigenvalue weighted by Crippen LogP contribution is 2.34. The molecule has 1 N–H and O–H groups in total. The van der Waals surface area contributed by atoms with E-state index in [2.05, 4.69) is 5.32 Å². The van der Waals surface area contributed by atoms with Gasteiger partial charge in [-0.05, 0) is 38.1 Å². The Balaban J connectivity index is 1.61. The van der Waals surface area contributed by atoms with Crippen LogP contribution in [0.15, 0.2) is 42.5 Å². The van der Waals surface area contributed by atoms with Crippen LogP contribution in [0.5, 0.6) is 11.5 Å². The first-order chi connectivity index (χ1) is 11.5. The molecule has 1 atom stereocenters. The zero-order chi connectivity index (χ0) is 17.1. The van der Waals surface area contributed by atoms with Crippen LogP contribution < -0.4 is 14.8 Å². The first-order valence-electron chi connectivity index (χ1n) is 7.51. The number of amides is 1. The second-order valence-corrected chi connectivity index (χ2v) is 5.47.